The first kappa shape index (κ1) is 12.7. The molecule has 0 radical (unpaired) electrons. The largest absolute Gasteiger partial charge is 0.508 e. The van der Waals surface area contributed by atoms with Gasteiger partial charge in [0.1, 0.15) is 11.5 Å². The van der Waals surface area contributed by atoms with Crippen molar-refractivity contribution in [1.29, 1.82) is 5.26 Å². The van der Waals surface area contributed by atoms with E-state index in [0.29, 0.717) is 5.57 Å². The fourth-order valence-electron chi connectivity index (χ4n) is 1.69. The standard InChI is InChI=1S/C16H13NO2/c1-19-16-8-4-13(5-9-16)14(11-17)10-12-2-6-15(18)7-3-12/h2-10,18H,1H3/b14-10+. The average molecular weight is 251 g/mol. The van der Waals surface area contributed by atoms with Crippen molar-refractivity contribution < 1.29 is 9.84 Å². The van der Waals surface area contributed by atoms with Gasteiger partial charge >= 0.3 is 0 Å². The van der Waals surface area contributed by atoms with Crippen LogP contribution in [0, 0.1) is 11.3 Å². The third kappa shape index (κ3) is 3.14. The van der Waals surface area contributed by atoms with Crippen molar-refractivity contribution in [3.8, 4) is 17.6 Å². The molecule has 2 aromatic rings. The van der Waals surface area contributed by atoms with Crippen LogP contribution in [-0.4, -0.2) is 12.2 Å². The molecule has 0 heterocycles. The van der Waals surface area contributed by atoms with Gasteiger partial charge in [0.25, 0.3) is 0 Å². The normalized spacial score (nSPS) is 10.8. The van der Waals surface area contributed by atoms with Gasteiger partial charge in [-0.15, -0.1) is 0 Å². The van der Waals surface area contributed by atoms with Crippen molar-refractivity contribution in [2.45, 2.75) is 0 Å². The number of hydrogen-bond acceptors (Lipinski definition) is 3. The Kier molecular flexibility index (Phi) is 3.84. The number of phenols is 1. The highest BCUT2D eigenvalue weighted by Crippen LogP contribution is 2.21. The minimum Gasteiger partial charge on any atom is -0.508 e. The van der Waals surface area contributed by atoms with Crippen LogP contribution in [0.5, 0.6) is 11.5 Å². The van der Waals surface area contributed by atoms with Crippen molar-refractivity contribution in [3.05, 3.63) is 59.7 Å². The summed E-state index contributed by atoms with van der Waals surface area (Å²) >= 11 is 0. The van der Waals surface area contributed by atoms with Gasteiger partial charge in [-0.1, -0.05) is 12.1 Å². The Bertz CT molecular complexity index is 619. The molecule has 94 valence electrons. The summed E-state index contributed by atoms with van der Waals surface area (Å²) in [5.41, 5.74) is 2.26. The summed E-state index contributed by atoms with van der Waals surface area (Å²) in [5, 5.41) is 18.4. The van der Waals surface area contributed by atoms with Crippen molar-refractivity contribution in [2.24, 2.45) is 0 Å². The van der Waals surface area contributed by atoms with Crippen molar-refractivity contribution >= 4 is 11.6 Å². The summed E-state index contributed by atoms with van der Waals surface area (Å²) in [6.07, 6.45) is 1.78. The van der Waals surface area contributed by atoms with Gasteiger partial charge in [0.05, 0.1) is 18.8 Å². The molecule has 2 aromatic carbocycles. The van der Waals surface area contributed by atoms with Gasteiger partial charge in [-0.05, 0) is 53.6 Å². The van der Waals surface area contributed by atoms with Gasteiger partial charge in [0.2, 0.25) is 0 Å². The minimum atomic E-state index is 0.208. The Morgan fingerprint density at radius 3 is 2.26 bits per heavy atom. The first-order valence-corrected chi connectivity index (χ1v) is 5.78. The number of allylic oxidation sites excluding steroid dienone is 1. The van der Waals surface area contributed by atoms with Gasteiger partial charge in [-0.3, -0.25) is 0 Å². The average Bonchev–Trinajstić information content (AvgIpc) is 2.47. The SMILES string of the molecule is COc1ccc(/C(C#N)=C/c2ccc(O)cc2)cc1. The number of phenolic OH excluding ortho intramolecular Hbond substituents is 1. The lowest BCUT2D eigenvalue weighted by Gasteiger charge is -2.02. The third-order valence-electron chi connectivity index (χ3n) is 2.73. The molecule has 0 aliphatic carbocycles. The number of benzene rings is 2. The molecule has 0 unspecified atom stereocenters. The molecule has 3 heteroatoms. The Labute approximate surface area is 112 Å². The summed E-state index contributed by atoms with van der Waals surface area (Å²) < 4.78 is 5.08. The smallest absolute Gasteiger partial charge is 0.118 e. The van der Waals surface area contributed by atoms with E-state index in [0.717, 1.165) is 16.9 Å². The molecule has 3 nitrogen and oxygen atoms in total. The zero-order chi connectivity index (χ0) is 13.7. The highest BCUT2D eigenvalue weighted by Gasteiger charge is 2.01. The van der Waals surface area contributed by atoms with E-state index < -0.39 is 0 Å². The lowest BCUT2D eigenvalue weighted by molar-refractivity contribution is 0.415. The number of aromatic hydroxyl groups is 1. The van der Waals surface area contributed by atoms with Crippen LogP contribution in [0.15, 0.2) is 48.5 Å². The molecule has 0 aromatic heterocycles. The zero-order valence-corrected chi connectivity index (χ0v) is 10.5. The van der Waals surface area contributed by atoms with E-state index in [2.05, 4.69) is 6.07 Å². The fourth-order valence-corrected chi connectivity index (χ4v) is 1.69. The van der Waals surface area contributed by atoms with Gasteiger partial charge in [-0.2, -0.15) is 5.26 Å². The molecule has 0 bridgehead atoms. The summed E-state index contributed by atoms with van der Waals surface area (Å²) in [5.74, 6) is 0.964. The maximum atomic E-state index is 9.22. The predicted molar refractivity (Wildman–Crippen MR) is 74.6 cm³/mol. The Balaban J connectivity index is 2.33. The zero-order valence-electron chi connectivity index (χ0n) is 10.5. The van der Waals surface area contributed by atoms with Crippen molar-refractivity contribution in [2.75, 3.05) is 7.11 Å². The monoisotopic (exact) mass is 251 g/mol. The molecule has 0 aliphatic heterocycles. The number of nitrogens with zero attached hydrogens (tertiary/aromatic N) is 1. The molecule has 0 aliphatic rings. The van der Waals surface area contributed by atoms with E-state index in [1.54, 1.807) is 37.5 Å². The van der Waals surface area contributed by atoms with Crippen LogP contribution in [-0.2, 0) is 0 Å². The van der Waals surface area contributed by atoms with Crippen LogP contribution in [0.1, 0.15) is 11.1 Å². The predicted octanol–water partition coefficient (Wildman–Crippen LogP) is 3.46. The first-order chi connectivity index (χ1) is 9.22. The summed E-state index contributed by atoms with van der Waals surface area (Å²) in [4.78, 5) is 0. The molecule has 0 saturated heterocycles. The fraction of sp³-hybridized carbons (Fsp3) is 0.0625. The lowest BCUT2D eigenvalue weighted by Crippen LogP contribution is -1.85. The molecular weight excluding hydrogens is 238 g/mol. The second-order valence-corrected chi connectivity index (χ2v) is 3.99. The molecule has 0 atom stereocenters. The van der Waals surface area contributed by atoms with Crippen LogP contribution in [0.2, 0.25) is 0 Å². The van der Waals surface area contributed by atoms with Gasteiger partial charge in [0.15, 0.2) is 0 Å². The number of rotatable bonds is 3. The Morgan fingerprint density at radius 2 is 1.74 bits per heavy atom. The third-order valence-corrected chi connectivity index (χ3v) is 2.73. The molecular formula is C16H13NO2. The van der Waals surface area contributed by atoms with E-state index in [9.17, 15) is 10.4 Å². The van der Waals surface area contributed by atoms with Crippen LogP contribution >= 0.6 is 0 Å². The number of ether oxygens (including phenoxy) is 1. The Morgan fingerprint density at radius 1 is 1.11 bits per heavy atom. The van der Waals surface area contributed by atoms with Crippen LogP contribution in [0.3, 0.4) is 0 Å². The maximum Gasteiger partial charge on any atom is 0.118 e. The van der Waals surface area contributed by atoms with Crippen LogP contribution < -0.4 is 4.74 Å². The number of methoxy groups -OCH3 is 1. The summed E-state index contributed by atoms with van der Waals surface area (Å²) in [6, 6.07) is 16.2. The number of hydrogen-bond donors (Lipinski definition) is 1. The molecule has 0 fully saturated rings. The second-order valence-electron chi connectivity index (χ2n) is 3.99. The minimum absolute atomic E-state index is 0.208. The van der Waals surface area contributed by atoms with Crippen molar-refractivity contribution in [1.82, 2.24) is 0 Å². The van der Waals surface area contributed by atoms with Crippen LogP contribution in [0.4, 0.5) is 0 Å². The lowest BCUT2D eigenvalue weighted by atomic mass is 10.0. The summed E-state index contributed by atoms with van der Waals surface area (Å²) in [7, 11) is 1.60. The quantitative estimate of drug-likeness (QED) is 0.671. The van der Waals surface area contributed by atoms with Gasteiger partial charge < -0.3 is 9.84 Å². The molecule has 0 spiro atoms. The van der Waals surface area contributed by atoms with Gasteiger partial charge in [0, 0.05) is 0 Å². The molecule has 19 heavy (non-hydrogen) atoms. The molecule has 0 saturated carbocycles. The second kappa shape index (κ2) is 5.74. The van der Waals surface area contributed by atoms with Crippen molar-refractivity contribution in [3.63, 3.8) is 0 Å². The first-order valence-electron chi connectivity index (χ1n) is 5.78. The number of nitriles is 1. The van der Waals surface area contributed by atoms with E-state index >= 15 is 0 Å². The molecule has 1 N–H and O–H groups in total. The van der Waals surface area contributed by atoms with E-state index in [1.165, 1.54) is 0 Å². The molecule has 0 amide bonds. The highest BCUT2D eigenvalue weighted by molar-refractivity contribution is 5.89. The van der Waals surface area contributed by atoms with E-state index in [1.807, 2.05) is 24.3 Å². The van der Waals surface area contributed by atoms with Gasteiger partial charge in [-0.25, -0.2) is 0 Å². The Hall–Kier alpha value is -2.73. The highest BCUT2D eigenvalue weighted by atomic mass is 16.5. The molecule has 2 rings (SSSR count). The maximum absolute atomic E-state index is 9.22. The topological polar surface area (TPSA) is 53.2 Å². The summed E-state index contributed by atoms with van der Waals surface area (Å²) in [6.45, 7) is 0. The van der Waals surface area contributed by atoms with E-state index in [4.69, 9.17) is 4.74 Å². The van der Waals surface area contributed by atoms with E-state index in [-0.39, 0.29) is 5.75 Å². The van der Waals surface area contributed by atoms with Crippen LogP contribution in [0.25, 0.3) is 11.6 Å².